The Balaban J connectivity index is 0.000000491. The van der Waals surface area contributed by atoms with E-state index in [9.17, 15) is 5.11 Å². The molecule has 2 aromatic carbocycles. The molecular formula is C19H23NO. The Morgan fingerprint density at radius 2 is 1.76 bits per heavy atom. The highest BCUT2D eigenvalue weighted by Gasteiger charge is 2.07. The minimum absolute atomic E-state index is 0.00972. The Labute approximate surface area is 127 Å². The second kappa shape index (κ2) is 9.43. The van der Waals surface area contributed by atoms with Crippen LogP contribution in [0.3, 0.4) is 0 Å². The highest BCUT2D eigenvalue weighted by atomic mass is 16.3. The number of allylic oxidation sites excluding steroid dienone is 1. The number of rotatable bonds is 5. The SMILES string of the molecule is C=CC(Nc1ccccc1)c1cccc(O)c1.C=CCC. The van der Waals surface area contributed by atoms with Crippen molar-refractivity contribution in [3.05, 3.63) is 85.5 Å². The van der Waals surface area contributed by atoms with Crippen LogP contribution in [0, 0.1) is 0 Å². The maximum absolute atomic E-state index is 9.46. The van der Waals surface area contributed by atoms with Crippen molar-refractivity contribution in [1.29, 1.82) is 0 Å². The zero-order chi connectivity index (χ0) is 15.5. The van der Waals surface area contributed by atoms with Crippen LogP contribution in [-0.4, -0.2) is 5.11 Å². The van der Waals surface area contributed by atoms with Crippen molar-refractivity contribution in [2.24, 2.45) is 0 Å². The molecule has 0 saturated heterocycles. The van der Waals surface area contributed by atoms with Crippen LogP contribution in [0.4, 0.5) is 5.69 Å². The summed E-state index contributed by atoms with van der Waals surface area (Å²) in [5.41, 5.74) is 2.02. The van der Waals surface area contributed by atoms with E-state index in [2.05, 4.69) is 25.4 Å². The third-order valence-electron chi connectivity index (χ3n) is 2.85. The second-order valence-electron chi connectivity index (χ2n) is 4.52. The molecule has 0 aliphatic rings. The van der Waals surface area contributed by atoms with Gasteiger partial charge in [0.15, 0.2) is 0 Å². The van der Waals surface area contributed by atoms with Crippen molar-refractivity contribution >= 4 is 5.69 Å². The summed E-state index contributed by atoms with van der Waals surface area (Å²) in [6, 6.07) is 17.1. The summed E-state index contributed by atoms with van der Waals surface area (Å²) in [5, 5.41) is 12.8. The van der Waals surface area contributed by atoms with Crippen LogP contribution in [0.2, 0.25) is 0 Å². The smallest absolute Gasteiger partial charge is 0.115 e. The molecule has 0 fully saturated rings. The standard InChI is InChI=1S/C15H15NO.C4H8/c1-2-15(12-7-6-10-14(17)11-12)16-13-8-4-3-5-9-13;1-3-4-2/h2-11,15-17H,1H2;3H,1,4H2,2H3. The molecule has 0 bridgehead atoms. The number of phenolic OH excluding ortho intramolecular Hbond substituents is 1. The molecule has 2 aromatic rings. The van der Waals surface area contributed by atoms with Gasteiger partial charge < -0.3 is 10.4 Å². The highest BCUT2D eigenvalue weighted by Crippen LogP contribution is 2.23. The summed E-state index contributed by atoms with van der Waals surface area (Å²) in [7, 11) is 0. The van der Waals surface area contributed by atoms with Crippen molar-refractivity contribution in [1.82, 2.24) is 0 Å². The lowest BCUT2D eigenvalue weighted by Crippen LogP contribution is -2.07. The Hall–Kier alpha value is -2.48. The van der Waals surface area contributed by atoms with Gasteiger partial charge in [0.1, 0.15) is 5.75 Å². The third-order valence-corrected chi connectivity index (χ3v) is 2.85. The van der Waals surface area contributed by atoms with Crippen LogP contribution in [0.5, 0.6) is 5.75 Å². The second-order valence-corrected chi connectivity index (χ2v) is 4.52. The number of benzene rings is 2. The van der Waals surface area contributed by atoms with Crippen molar-refractivity contribution in [2.45, 2.75) is 19.4 Å². The molecule has 0 aromatic heterocycles. The van der Waals surface area contributed by atoms with Crippen LogP contribution in [0.25, 0.3) is 0 Å². The van der Waals surface area contributed by atoms with E-state index in [4.69, 9.17) is 0 Å². The number of anilines is 1. The Bertz CT molecular complexity index is 549. The van der Waals surface area contributed by atoms with Gasteiger partial charge in [-0.1, -0.05) is 49.4 Å². The molecule has 2 N–H and O–H groups in total. The maximum Gasteiger partial charge on any atom is 0.115 e. The topological polar surface area (TPSA) is 32.3 Å². The predicted octanol–water partition coefficient (Wildman–Crippen LogP) is 5.31. The van der Waals surface area contributed by atoms with E-state index in [1.54, 1.807) is 12.1 Å². The number of aromatic hydroxyl groups is 1. The summed E-state index contributed by atoms with van der Waals surface area (Å²) in [6.07, 6.45) is 4.78. The van der Waals surface area contributed by atoms with Crippen LogP contribution in [-0.2, 0) is 0 Å². The van der Waals surface area contributed by atoms with Gasteiger partial charge in [0, 0.05) is 5.69 Å². The minimum Gasteiger partial charge on any atom is -0.508 e. The lowest BCUT2D eigenvalue weighted by molar-refractivity contribution is 0.474. The van der Waals surface area contributed by atoms with Gasteiger partial charge in [0.25, 0.3) is 0 Å². The average Bonchev–Trinajstić information content (AvgIpc) is 2.54. The lowest BCUT2D eigenvalue weighted by atomic mass is 10.1. The molecule has 0 heterocycles. The molecule has 0 amide bonds. The zero-order valence-corrected chi connectivity index (χ0v) is 12.5. The van der Waals surface area contributed by atoms with Gasteiger partial charge in [-0.2, -0.15) is 0 Å². The predicted molar refractivity (Wildman–Crippen MR) is 91.6 cm³/mol. The fourth-order valence-corrected chi connectivity index (χ4v) is 1.71. The summed E-state index contributed by atoms with van der Waals surface area (Å²) in [6.45, 7) is 9.36. The minimum atomic E-state index is -0.00972. The Morgan fingerprint density at radius 3 is 2.29 bits per heavy atom. The normalized spacial score (nSPS) is 10.7. The quantitative estimate of drug-likeness (QED) is 0.727. The highest BCUT2D eigenvalue weighted by molar-refractivity contribution is 5.47. The molecule has 0 spiro atoms. The Kier molecular flexibility index (Phi) is 7.44. The van der Waals surface area contributed by atoms with Crippen LogP contribution < -0.4 is 5.32 Å². The number of para-hydroxylation sites is 1. The molecule has 0 saturated carbocycles. The Morgan fingerprint density at radius 1 is 1.10 bits per heavy atom. The molecule has 21 heavy (non-hydrogen) atoms. The number of hydrogen-bond donors (Lipinski definition) is 2. The van der Waals surface area contributed by atoms with Crippen molar-refractivity contribution in [3.63, 3.8) is 0 Å². The van der Waals surface area contributed by atoms with Crippen LogP contribution in [0.15, 0.2) is 79.9 Å². The van der Waals surface area contributed by atoms with Gasteiger partial charge in [0.2, 0.25) is 0 Å². The number of phenols is 1. The van der Waals surface area contributed by atoms with Gasteiger partial charge in [-0.25, -0.2) is 0 Å². The molecular weight excluding hydrogens is 258 g/mol. The van der Waals surface area contributed by atoms with E-state index in [1.807, 2.05) is 54.6 Å². The molecule has 0 radical (unpaired) electrons. The molecule has 2 heteroatoms. The lowest BCUT2D eigenvalue weighted by Gasteiger charge is -2.16. The molecule has 110 valence electrons. The molecule has 2 nitrogen and oxygen atoms in total. The first-order valence-corrected chi connectivity index (χ1v) is 7.05. The largest absolute Gasteiger partial charge is 0.508 e. The first-order chi connectivity index (χ1) is 10.2. The van der Waals surface area contributed by atoms with E-state index in [-0.39, 0.29) is 11.8 Å². The fourth-order valence-electron chi connectivity index (χ4n) is 1.71. The third kappa shape index (κ3) is 6.00. The van der Waals surface area contributed by atoms with E-state index in [0.717, 1.165) is 17.7 Å². The summed E-state index contributed by atoms with van der Waals surface area (Å²) in [5.74, 6) is 0.268. The van der Waals surface area contributed by atoms with Crippen molar-refractivity contribution in [2.75, 3.05) is 5.32 Å². The summed E-state index contributed by atoms with van der Waals surface area (Å²) >= 11 is 0. The zero-order valence-electron chi connectivity index (χ0n) is 12.5. The average molecular weight is 281 g/mol. The van der Waals surface area contributed by atoms with Gasteiger partial charge in [-0.15, -0.1) is 13.2 Å². The maximum atomic E-state index is 9.46. The monoisotopic (exact) mass is 281 g/mol. The van der Waals surface area contributed by atoms with Crippen molar-refractivity contribution in [3.8, 4) is 5.75 Å². The first-order valence-electron chi connectivity index (χ1n) is 7.05. The molecule has 0 aliphatic heterocycles. The fraction of sp³-hybridized carbons (Fsp3) is 0.158. The van der Waals surface area contributed by atoms with E-state index < -0.39 is 0 Å². The van der Waals surface area contributed by atoms with E-state index >= 15 is 0 Å². The van der Waals surface area contributed by atoms with Crippen LogP contribution >= 0.6 is 0 Å². The molecule has 1 unspecified atom stereocenters. The molecule has 2 rings (SSSR count). The first kappa shape index (κ1) is 16.6. The number of hydrogen-bond acceptors (Lipinski definition) is 2. The number of nitrogens with one attached hydrogen (secondary N) is 1. The summed E-state index contributed by atoms with van der Waals surface area (Å²) in [4.78, 5) is 0. The van der Waals surface area contributed by atoms with Gasteiger partial charge in [-0.3, -0.25) is 0 Å². The molecule has 0 aliphatic carbocycles. The van der Waals surface area contributed by atoms with E-state index in [1.165, 1.54) is 0 Å². The molecule has 1 atom stereocenters. The summed E-state index contributed by atoms with van der Waals surface area (Å²) < 4.78 is 0. The van der Waals surface area contributed by atoms with Gasteiger partial charge in [-0.05, 0) is 36.2 Å². The van der Waals surface area contributed by atoms with Gasteiger partial charge in [0.05, 0.1) is 6.04 Å². The van der Waals surface area contributed by atoms with Gasteiger partial charge >= 0.3 is 0 Å². The van der Waals surface area contributed by atoms with E-state index in [0.29, 0.717) is 0 Å². The van der Waals surface area contributed by atoms with Crippen LogP contribution in [0.1, 0.15) is 24.9 Å². The van der Waals surface area contributed by atoms with Crippen molar-refractivity contribution < 1.29 is 5.11 Å².